The Morgan fingerprint density at radius 1 is 1.25 bits per heavy atom. The van der Waals surface area contributed by atoms with Crippen molar-refractivity contribution in [2.75, 3.05) is 18.8 Å². The van der Waals surface area contributed by atoms with Crippen molar-refractivity contribution < 1.29 is 22.4 Å². The van der Waals surface area contributed by atoms with Crippen molar-refractivity contribution in [1.82, 2.24) is 4.90 Å². The fourth-order valence-electron chi connectivity index (χ4n) is 2.97. The number of amides is 1. The molecule has 3 aromatic rings. The molecule has 1 heterocycles. The molecule has 0 fully saturated rings. The Kier molecular flexibility index (Phi) is 8.76. The molecule has 3 rings (SSSR count). The van der Waals surface area contributed by atoms with Crippen molar-refractivity contribution in [3.05, 3.63) is 67.1 Å². The van der Waals surface area contributed by atoms with Gasteiger partial charge < -0.3 is 14.1 Å². The summed E-state index contributed by atoms with van der Waals surface area (Å²) in [6.45, 7) is 1.81. The molecular weight excluding hydrogens is 560 g/mol. The minimum atomic E-state index is -3.90. The van der Waals surface area contributed by atoms with Crippen LogP contribution in [0.2, 0.25) is 0 Å². The Hall–Kier alpha value is -1.64. The van der Waals surface area contributed by atoms with Gasteiger partial charge in [-0.1, -0.05) is 12.1 Å². The van der Waals surface area contributed by atoms with Crippen LogP contribution >= 0.6 is 22.6 Å². The summed E-state index contributed by atoms with van der Waals surface area (Å²) in [6.07, 6.45) is -0.306. The molecular formula is C20H21IN3NaO6S. The fraction of sp³-hybridized carbons (Fsp3) is 0.200. The molecule has 0 spiro atoms. The summed E-state index contributed by atoms with van der Waals surface area (Å²) in [5.74, 6) is 0.295. The summed E-state index contributed by atoms with van der Waals surface area (Å²) in [6, 6.07) is 9.89. The average Bonchev–Trinajstić information content (AvgIpc) is 2.65. The zero-order valence-electron chi connectivity index (χ0n) is 16.9. The van der Waals surface area contributed by atoms with Gasteiger partial charge in [-0.25, -0.2) is 14.7 Å². The molecule has 0 atom stereocenters. The minimum absolute atomic E-state index is 0. The van der Waals surface area contributed by atoms with Crippen LogP contribution < -0.4 is 20.2 Å². The van der Waals surface area contributed by atoms with Crippen molar-refractivity contribution in [1.29, 1.82) is 0 Å². The van der Waals surface area contributed by atoms with Crippen molar-refractivity contribution in [2.24, 2.45) is 5.14 Å². The maximum atomic E-state index is 12.7. The standard InChI is InChI=1S/C20H20IN3O6S.Na.H/c1-11-14-9-16(21)18(30-20(26)24(2)3)10-17(14)29-19(25)15(11)8-12-5-4-6-13(7-12)23-31(22,27)28;;/h4-7,9-10,23H,8H2,1-3H3,(H2,22,27,28);;. The van der Waals surface area contributed by atoms with E-state index in [9.17, 15) is 18.0 Å². The second-order valence-corrected chi connectivity index (χ2v) is 9.51. The zero-order valence-corrected chi connectivity index (χ0v) is 19.9. The molecule has 1 aromatic heterocycles. The SMILES string of the molecule is Cc1c(Cc2cccc(NS(N)(=O)=O)c2)c(=O)oc2cc(OC(=O)N(C)C)c(I)cc12.[NaH]. The Bertz CT molecular complexity index is 1340. The third-order valence-electron chi connectivity index (χ3n) is 4.47. The van der Waals surface area contributed by atoms with E-state index < -0.39 is 21.9 Å². The molecule has 0 unspecified atom stereocenters. The van der Waals surface area contributed by atoms with Gasteiger partial charge in [-0.3, -0.25) is 4.72 Å². The van der Waals surface area contributed by atoms with Gasteiger partial charge in [0.15, 0.2) is 0 Å². The second-order valence-electron chi connectivity index (χ2n) is 7.06. The monoisotopic (exact) mass is 581 g/mol. The first-order valence-corrected chi connectivity index (χ1v) is 11.6. The van der Waals surface area contributed by atoms with Crippen LogP contribution in [0.4, 0.5) is 10.5 Å². The Labute approximate surface area is 220 Å². The van der Waals surface area contributed by atoms with Crippen LogP contribution in [-0.4, -0.2) is 63.1 Å². The van der Waals surface area contributed by atoms with Gasteiger partial charge >= 0.3 is 41.3 Å². The summed E-state index contributed by atoms with van der Waals surface area (Å²) >= 11 is 2.05. The van der Waals surface area contributed by atoms with E-state index >= 15 is 0 Å². The maximum absolute atomic E-state index is 12.7. The normalized spacial score (nSPS) is 11.0. The molecule has 0 saturated carbocycles. The molecule has 0 bridgehead atoms. The van der Waals surface area contributed by atoms with E-state index in [1.54, 1.807) is 44.4 Å². The number of hydrogen-bond donors (Lipinski definition) is 2. The topological polar surface area (TPSA) is 132 Å². The van der Waals surface area contributed by atoms with E-state index in [0.717, 1.165) is 5.56 Å². The van der Waals surface area contributed by atoms with Crippen molar-refractivity contribution in [3.8, 4) is 5.75 Å². The van der Waals surface area contributed by atoms with Gasteiger partial charge in [-0.2, -0.15) is 8.42 Å². The van der Waals surface area contributed by atoms with Gasteiger partial charge in [0.2, 0.25) is 0 Å². The Balaban J connectivity index is 0.00000363. The Morgan fingerprint density at radius 2 is 1.94 bits per heavy atom. The summed E-state index contributed by atoms with van der Waals surface area (Å²) in [4.78, 5) is 25.8. The number of fused-ring (bicyclic) bond motifs is 1. The second kappa shape index (κ2) is 10.5. The number of hydrogen-bond acceptors (Lipinski definition) is 6. The van der Waals surface area contributed by atoms with Crippen molar-refractivity contribution in [3.63, 3.8) is 0 Å². The number of nitrogens with two attached hydrogens (primary N) is 1. The Morgan fingerprint density at radius 3 is 2.56 bits per heavy atom. The van der Waals surface area contributed by atoms with Gasteiger partial charge in [0.05, 0.1) is 9.26 Å². The summed E-state index contributed by atoms with van der Waals surface area (Å²) < 4.78 is 36.2. The number of aryl methyl sites for hydroxylation is 1. The molecule has 0 saturated heterocycles. The summed E-state index contributed by atoms with van der Waals surface area (Å²) in [7, 11) is -0.765. The molecule has 3 N–H and O–H groups in total. The van der Waals surface area contributed by atoms with E-state index in [-0.39, 0.29) is 36.0 Å². The number of rotatable bonds is 5. The molecule has 12 heteroatoms. The molecule has 9 nitrogen and oxygen atoms in total. The van der Waals surface area contributed by atoms with Crippen LogP contribution in [0.3, 0.4) is 0 Å². The number of nitrogens with zero attached hydrogens (tertiary/aromatic N) is 1. The molecule has 166 valence electrons. The van der Waals surface area contributed by atoms with Crippen LogP contribution in [0.25, 0.3) is 11.0 Å². The number of carbonyl (C=O) groups excluding carboxylic acids is 1. The molecule has 2 aromatic carbocycles. The molecule has 0 aliphatic rings. The number of benzene rings is 2. The zero-order chi connectivity index (χ0) is 22.9. The number of anilines is 1. The quantitative estimate of drug-likeness (QED) is 0.270. The third kappa shape index (κ3) is 6.45. The molecule has 0 aliphatic heterocycles. The predicted octanol–water partition coefficient (Wildman–Crippen LogP) is 2.32. The van der Waals surface area contributed by atoms with Gasteiger partial charge in [0.25, 0.3) is 10.2 Å². The molecule has 0 aliphatic carbocycles. The van der Waals surface area contributed by atoms with E-state index in [1.165, 1.54) is 11.0 Å². The van der Waals surface area contributed by atoms with Crippen molar-refractivity contribution >= 4 is 85.1 Å². The molecule has 1 amide bonds. The number of ether oxygens (including phenoxy) is 1. The first kappa shape index (κ1) is 26.6. The van der Waals surface area contributed by atoms with Crippen molar-refractivity contribution in [2.45, 2.75) is 13.3 Å². The van der Waals surface area contributed by atoms with E-state index in [1.807, 2.05) is 6.92 Å². The van der Waals surface area contributed by atoms with E-state index in [4.69, 9.17) is 14.3 Å². The van der Waals surface area contributed by atoms with Gasteiger partial charge in [-0.15, -0.1) is 0 Å². The van der Waals surface area contributed by atoms with Crippen LogP contribution in [0.5, 0.6) is 5.75 Å². The number of nitrogens with one attached hydrogen (secondary N) is 1. The molecule has 32 heavy (non-hydrogen) atoms. The van der Waals surface area contributed by atoms with Crippen LogP contribution in [0.1, 0.15) is 16.7 Å². The van der Waals surface area contributed by atoms with Crippen LogP contribution in [0, 0.1) is 10.5 Å². The van der Waals surface area contributed by atoms with E-state index in [0.29, 0.717) is 37.1 Å². The third-order valence-corrected chi connectivity index (χ3v) is 5.83. The van der Waals surface area contributed by atoms with E-state index in [2.05, 4.69) is 27.3 Å². The van der Waals surface area contributed by atoms with Gasteiger partial charge in [-0.05, 0) is 58.8 Å². The van der Waals surface area contributed by atoms with Crippen LogP contribution in [0.15, 0.2) is 45.6 Å². The predicted molar refractivity (Wildman–Crippen MR) is 133 cm³/mol. The first-order chi connectivity index (χ1) is 14.4. The van der Waals surface area contributed by atoms with Gasteiger partial charge in [0, 0.05) is 37.5 Å². The summed E-state index contributed by atoms with van der Waals surface area (Å²) in [5.41, 5.74) is 1.94. The van der Waals surface area contributed by atoms with Crippen LogP contribution in [-0.2, 0) is 16.6 Å². The van der Waals surface area contributed by atoms with Gasteiger partial charge in [0.1, 0.15) is 11.3 Å². The summed E-state index contributed by atoms with van der Waals surface area (Å²) in [5, 5.41) is 5.73. The molecule has 0 radical (unpaired) electrons. The number of halogens is 1. The average molecular weight is 581 g/mol. The first-order valence-electron chi connectivity index (χ1n) is 8.99. The fourth-order valence-corrected chi connectivity index (χ4v) is 4.00. The number of carbonyl (C=O) groups is 1.